The topological polar surface area (TPSA) is 63.8 Å². The predicted molar refractivity (Wildman–Crippen MR) is 76.0 cm³/mol. The first-order valence-corrected chi connectivity index (χ1v) is 7.33. The molecule has 1 aliphatic carbocycles. The molecule has 0 amide bonds. The van der Waals surface area contributed by atoms with E-state index in [0.717, 1.165) is 36.8 Å². The van der Waals surface area contributed by atoms with Crippen molar-refractivity contribution in [2.24, 2.45) is 5.92 Å². The SMILES string of the molecule is CCCNC(Cc1nc(-c2ccncc2)no1)C1CC1. The third-order valence-corrected chi connectivity index (χ3v) is 3.65. The summed E-state index contributed by atoms with van der Waals surface area (Å²) in [7, 11) is 0. The van der Waals surface area contributed by atoms with Crippen LogP contribution in [0.4, 0.5) is 0 Å². The number of hydrogen-bond donors (Lipinski definition) is 1. The Morgan fingerprint density at radius 2 is 2.15 bits per heavy atom. The molecule has 2 aromatic rings. The van der Waals surface area contributed by atoms with Crippen LogP contribution in [0.2, 0.25) is 0 Å². The van der Waals surface area contributed by atoms with Gasteiger partial charge >= 0.3 is 0 Å². The van der Waals surface area contributed by atoms with Crippen molar-refractivity contribution >= 4 is 0 Å². The number of rotatable bonds is 7. The molecule has 0 spiro atoms. The summed E-state index contributed by atoms with van der Waals surface area (Å²) in [6, 6.07) is 4.26. The maximum atomic E-state index is 5.39. The number of nitrogens with one attached hydrogen (secondary N) is 1. The lowest BCUT2D eigenvalue weighted by atomic mass is 10.1. The Kier molecular flexibility index (Phi) is 4.06. The van der Waals surface area contributed by atoms with Crippen molar-refractivity contribution in [3.8, 4) is 11.4 Å². The van der Waals surface area contributed by atoms with Gasteiger partial charge in [0.1, 0.15) is 0 Å². The van der Waals surface area contributed by atoms with Gasteiger partial charge in [0, 0.05) is 30.4 Å². The van der Waals surface area contributed by atoms with Crippen LogP contribution in [0.5, 0.6) is 0 Å². The molecule has 20 heavy (non-hydrogen) atoms. The molecule has 1 aliphatic rings. The Bertz CT molecular complexity index is 536. The van der Waals surface area contributed by atoms with Crippen LogP contribution in [-0.4, -0.2) is 27.7 Å². The minimum Gasteiger partial charge on any atom is -0.339 e. The molecular weight excluding hydrogens is 252 g/mol. The third kappa shape index (κ3) is 3.22. The van der Waals surface area contributed by atoms with Crippen molar-refractivity contribution in [1.82, 2.24) is 20.4 Å². The van der Waals surface area contributed by atoms with Gasteiger partial charge in [-0.25, -0.2) is 0 Å². The molecule has 0 aliphatic heterocycles. The van der Waals surface area contributed by atoms with Crippen molar-refractivity contribution < 1.29 is 4.52 Å². The van der Waals surface area contributed by atoms with Gasteiger partial charge in [0.25, 0.3) is 0 Å². The van der Waals surface area contributed by atoms with Gasteiger partial charge in [0.05, 0.1) is 0 Å². The van der Waals surface area contributed by atoms with Crippen molar-refractivity contribution in [3.05, 3.63) is 30.4 Å². The Labute approximate surface area is 118 Å². The summed E-state index contributed by atoms with van der Waals surface area (Å²) >= 11 is 0. The Balaban J connectivity index is 1.67. The summed E-state index contributed by atoms with van der Waals surface area (Å²) in [6.45, 7) is 3.23. The highest BCUT2D eigenvalue weighted by Crippen LogP contribution is 2.34. The molecule has 5 heteroatoms. The number of nitrogens with zero attached hydrogens (tertiary/aromatic N) is 3. The van der Waals surface area contributed by atoms with Gasteiger partial charge < -0.3 is 9.84 Å². The second-order valence-corrected chi connectivity index (χ2v) is 5.35. The van der Waals surface area contributed by atoms with Gasteiger partial charge in [-0.3, -0.25) is 4.98 Å². The first kappa shape index (κ1) is 13.2. The van der Waals surface area contributed by atoms with Crippen LogP contribution in [0.25, 0.3) is 11.4 Å². The van der Waals surface area contributed by atoms with Crippen molar-refractivity contribution in [1.29, 1.82) is 0 Å². The van der Waals surface area contributed by atoms with Gasteiger partial charge in [0.15, 0.2) is 0 Å². The van der Waals surface area contributed by atoms with E-state index in [1.807, 2.05) is 12.1 Å². The standard InChI is InChI=1S/C15H20N4O/c1-2-7-17-13(11-3-4-11)10-14-18-15(19-20-14)12-5-8-16-9-6-12/h5-6,8-9,11,13,17H,2-4,7,10H2,1H3. The molecule has 1 atom stereocenters. The molecule has 5 nitrogen and oxygen atoms in total. The minimum atomic E-state index is 0.473. The maximum Gasteiger partial charge on any atom is 0.228 e. The van der Waals surface area contributed by atoms with E-state index in [4.69, 9.17) is 4.52 Å². The van der Waals surface area contributed by atoms with E-state index in [2.05, 4.69) is 27.4 Å². The second-order valence-electron chi connectivity index (χ2n) is 5.35. The van der Waals surface area contributed by atoms with E-state index in [1.165, 1.54) is 12.8 Å². The highest BCUT2D eigenvalue weighted by molar-refractivity contribution is 5.52. The number of hydrogen-bond acceptors (Lipinski definition) is 5. The van der Waals surface area contributed by atoms with E-state index >= 15 is 0 Å². The predicted octanol–water partition coefficient (Wildman–Crippen LogP) is 2.45. The van der Waals surface area contributed by atoms with Crippen LogP contribution in [0.1, 0.15) is 32.1 Å². The average molecular weight is 272 g/mol. The molecule has 106 valence electrons. The van der Waals surface area contributed by atoms with Crippen LogP contribution in [-0.2, 0) is 6.42 Å². The van der Waals surface area contributed by atoms with Crippen molar-refractivity contribution in [2.45, 2.75) is 38.6 Å². The molecule has 1 fully saturated rings. The van der Waals surface area contributed by atoms with Gasteiger partial charge in [-0.05, 0) is 43.9 Å². The Hall–Kier alpha value is -1.75. The van der Waals surface area contributed by atoms with Crippen LogP contribution in [0, 0.1) is 5.92 Å². The monoisotopic (exact) mass is 272 g/mol. The van der Waals surface area contributed by atoms with E-state index in [0.29, 0.717) is 11.9 Å². The minimum absolute atomic E-state index is 0.473. The summed E-state index contributed by atoms with van der Waals surface area (Å²) in [6.07, 6.45) is 8.07. The smallest absolute Gasteiger partial charge is 0.228 e. The summed E-state index contributed by atoms with van der Waals surface area (Å²) < 4.78 is 5.39. The largest absolute Gasteiger partial charge is 0.339 e. The highest BCUT2D eigenvalue weighted by atomic mass is 16.5. The molecule has 0 saturated heterocycles. The van der Waals surface area contributed by atoms with E-state index in [9.17, 15) is 0 Å². The maximum absolute atomic E-state index is 5.39. The van der Waals surface area contributed by atoms with Gasteiger partial charge in [-0.2, -0.15) is 4.98 Å². The molecule has 1 N–H and O–H groups in total. The molecule has 2 heterocycles. The fourth-order valence-corrected chi connectivity index (χ4v) is 2.38. The first-order valence-electron chi connectivity index (χ1n) is 7.33. The Morgan fingerprint density at radius 1 is 1.35 bits per heavy atom. The Morgan fingerprint density at radius 3 is 2.85 bits per heavy atom. The van der Waals surface area contributed by atoms with Gasteiger partial charge in [-0.15, -0.1) is 0 Å². The zero-order valence-corrected chi connectivity index (χ0v) is 11.7. The molecule has 0 aromatic carbocycles. The summed E-state index contributed by atoms with van der Waals surface area (Å²) in [5.41, 5.74) is 0.944. The van der Waals surface area contributed by atoms with E-state index in [1.54, 1.807) is 12.4 Å². The zero-order valence-electron chi connectivity index (χ0n) is 11.7. The van der Waals surface area contributed by atoms with Gasteiger partial charge in [0.2, 0.25) is 11.7 Å². The highest BCUT2D eigenvalue weighted by Gasteiger charge is 2.32. The fourth-order valence-electron chi connectivity index (χ4n) is 2.38. The molecule has 2 aromatic heterocycles. The quantitative estimate of drug-likeness (QED) is 0.838. The molecule has 0 radical (unpaired) electrons. The molecule has 3 rings (SSSR count). The lowest BCUT2D eigenvalue weighted by molar-refractivity contribution is 0.346. The normalized spacial score (nSPS) is 16.2. The first-order chi connectivity index (χ1) is 9.86. The van der Waals surface area contributed by atoms with Gasteiger partial charge in [-0.1, -0.05) is 12.1 Å². The molecule has 0 bridgehead atoms. The van der Waals surface area contributed by atoms with Crippen LogP contribution in [0.15, 0.2) is 29.0 Å². The van der Waals surface area contributed by atoms with Crippen LogP contribution in [0.3, 0.4) is 0 Å². The number of pyridine rings is 1. The zero-order chi connectivity index (χ0) is 13.8. The lowest BCUT2D eigenvalue weighted by Crippen LogP contribution is -2.33. The second kappa shape index (κ2) is 6.13. The van der Waals surface area contributed by atoms with Crippen molar-refractivity contribution in [2.75, 3.05) is 6.54 Å². The summed E-state index contributed by atoms with van der Waals surface area (Å²) in [5.74, 6) is 2.14. The molecular formula is C15H20N4O. The van der Waals surface area contributed by atoms with Crippen molar-refractivity contribution in [3.63, 3.8) is 0 Å². The fraction of sp³-hybridized carbons (Fsp3) is 0.533. The average Bonchev–Trinajstić information content (AvgIpc) is 3.23. The van der Waals surface area contributed by atoms with E-state index in [-0.39, 0.29) is 0 Å². The third-order valence-electron chi connectivity index (χ3n) is 3.65. The van der Waals surface area contributed by atoms with Crippen LogP contribution >= 0.6 is 0 Å². The van der Waals surface area contributed by atoms with Crippen LogP contribution < -0.4 is 5.32 Å². The molecule has 1 saturated carbocycles. The van der Waals surface area contributed by atoms with E-state index < -0.39 is 0 Å². The lowest BCUT2D eigenvalue weighted by Gasteiger charge is -2.15. The summed E-state index contributed by atoms with van der Waals surface area (Å²) in [4.78, 5) is 8.49. The summed E-state index contributed by atoms with van der Waals surface area (Å²) in [5, 5.41) is 7.65. The molecule has 1 unspecified atom stereocenters. The number of aromatic nitrogens is 3.